The summed E-state index contributed by atoms with van der Waals surface area (Å²) in [5.74, 6) is 0.629. The van der Waals surface area contributed by atoms with Gasteiger partial charge in [-0.1, -0.05) is 97.1 Å². The summed E-state index contributed by atoms with van der Waals surface area (Å²) in [5.41, 5.74) is 7.65. The summed E-state index contributed by atoms with van der Waals surface area (Å²) in [7, 11) is 0. The van der Waals surface area contributed by atoms with Gasteiger partial charge in [0.25, 0.3) is 0 Å². The molecule has 2 aromatic heterocycles. The smallest absolute Gasteiger partial charge is 0.227 e. The van der Waals surface area contributed by atoms with Gasteiger partial charge in [-0.2, -0.15) is 0 Å². The Balaban J connectivity index is 1.22. The average molecular weight is 603 g/mol. The average Bonchev–Trinajstić information content (AvgIpc) is 3.75. The molecule has 0 fully saturated rings. The minimum absolute atomic E-state index is 0.629. The lowest BCUT2D eigenvalue weighted by atomic mass is 9.95. The zero-order valence-corrected chi connectivity index (χ0v) is 25.2. The fourth-order valence-electron chi connectivity index (χ4n) is 7.11. The largest absolute Gasteiger partial charge is 0.456 e. The highest BCUT2D eigenvalue weighted by Gasteiger charge is 2.20. The molecular weight excluding hydrogens is 576 g/mol. The molecule has 0 saturated heterocycles. The van der Waals surface area contributed by atoms with Crippen LogP contribution in [0.5, 0.6) is 0 Å². The first-order valence-electron chi connectivity index (χ1n) is 15.8. The third-order valence-corrected chi connectivity index (χ3v) is 9.24. The molecule has 0 unspecified atom stereocenters. The number of fused-ring (bicyclic) bond motifs is 11. The lowest BCUT2D eigenvalue weighted by Gasteiger charge is -2.26. The van der Waals surface area contributed by atoms with Crippen LogP contribution in [0.15, 0.2) is 167 Å². The molecular formula is C43H26N2O2. The highest BCUT2D eigenvalue weighted by Crippen LogP contribution is 2.43. The van der Waals surface area contributed by atoms with Crippen molar-refractivity contribution in [3.05, 3.63) is 158 Å². The second kappa shape index (κ2) is 10.1. The van der Waals surface area contributed by atoms with Crippen LogP contribution in [0.2, 0.25) is 0 Å². The molecule has 0 N–H and O–H groups in total. The zero-order valence-electron chi connectivity index (χ0n) is 25.2. The molecule has 0 amide bonds. The van der Waals surface area contributed by atoms with E-state index in [-0.39, 0.29) is 0 Å². The van der Waals surface area contributed by atoms with Crippen LogP contribution in [0, 0.1) is 0 Å². The van der Waals surface area contributed by atoms with Crippen LogP contribution in [0.1, 0.15) is 0 Å². The molecule has 8 aromatic carbocycles. The van der Waals surface area contributed by atoms with Crippen LogP contribution in [-0.4, -0.2) is 4.98 Å². The van der Waals surface area contributed by atoms with E-state index in [1.54, 1.807) is 0 Å². The number of oxazole rings is 1. The van der Waals surface area contributed by atoms with Crippen LogP contribution in [0.4, 0.5) is 17.1 Å². The SMILES string of the molecule is c1ccc(-c2nc3c(o2)c2ccccc2c2ccc4cc(N(c5ccccc5)c5ccc6oc7ccccc7c6c5)ccc4c23)cc1. The summed E-state index contributed by atoms with van der Waals surface area (Å²) >= 11 is 0. The first kappa shape index (κ1) is 25.9. The van der Waals surface area contributed by atoms with Gasteiger partial charge >= 0.3 is 0 Å². The summed E-state index contributed by atoms with van der Waals surface area (Å²) in [6, 6.07) is 55.0. The Bertz CT molecular complexity index is 2800. The molecule has 4 heteroatoms. The van der Waals surface area contributed by atoms with Gasteiger partial charge in [0.05, 0.1) is 0 Å². The van der Waals surface area contributed by atoms with E-state index in [1.807, 2.05) is 42.5 Å². The number of benzene rings is 8. The van der Waals surface area contributed by atoms with E-state index >= 15 is 0 Å². The normalized spacial score (nSPS) is 11.8. The van der Waals surface area contributed by atoms with Crippen molar-refractivity contribution in [3.8, 4) is 11.5 Å². The minimum atomic E-state index is 0.629. The monoisotopic (exact) mass is 602 g/mol. The van der Waals surface area contributed by atoms with E-state index in [1.165, 1.54) is 5.39 Å². The highest BCUT2D eigenvalue weighted by atomic mass is 16.3. The standard InChI is InChI=1S/C43H26N2O2/c1-3-11-27(12-4-1)43-44-41-40-32-23-20-30(25-28(32)19-22-35(40)33-15-7-8-17-36(33)42(41)47-43)45(29-13-5-2-6-14-29)31-21-24-39-37(26-31)34-16-9-10-18-38(34)46-39/h1-26H. The van der Waals surface area contributed by atoms with Crippen LogP contribution >= 0.6 is 0 Å². The maximum atomic E-state index is 6.53. The molecule has 10 rings (SSSR count). The number of rotatable bonds is 4. The van der Waals surface area contributed by atoms with Crippen molar-refractivity contribution in [3.63, 3.8) is 0 Å². The van der Waals surface area contributed by atoms with Gasteiger partial charge in [0.15, 0.2) is 5.58 Å². The molecule has 0 atom stereocenters. The topological polar surface area (TPSA) is 42.4 Å². The summed E-state index contributed by atoms with van der Waals surface area (Å²) in [4.78, 5) is 7.44. The van der Waals surface area contributed by atoms with Crippen molar-refractivity contribution < 1.29 is 8.83 Å². The van der Waals surface area contributed by atoms with Crippen molar-refractivity contribution in [2.24, 2.45) is 0 Å². The van der Waals surface area contributed by atoms with Crippen LogP contribution < -0.4 is 4.90 Å². The predicted octanol–water partition coefficient (Wildman–Crippen LogP) is 12.3. The van der Waals surface area contributed by atoms with E-state index < -0.39 is 0 Å². The van der Waals surface area contributed by atoms with Crippen molar-refractivity contribution in [2.75, 3.05) is 4.90 Å². The summed E-state index contributed by atoms with van der Waals surface area (Å²) in [5, 5.41) is 8.97. The van der Waals surface area contributed by atoms with E-state index in [0.29, 0.717) is 5.89 Å². The molecule has 0 radical (unpaired) electrons. The number of nitrogens with zero attached hydrogens (tertiary/aromatic N) is 2. The zero-order chi connectivity index (χ0) is 30.9. The minimum Gasteiger partial charge on any atom is -0.456 e. The maximum Gasteiger partial charge on any atom is 0.227 e. The van der Waals surface area contributed by atoms with E-state index in [2.05, 4.69) is 120 Å². The van der Waals surface area contributed by atoms with Crippen molar-refractivity contribution in [1.82, 2.24) is 4.98 Å². The number of hydrogen-bond acceptors (Lipinski definition) is 4. The van der Waals surface area contributed by atoms with Crippen LogP contribution in [0.3, 0.4) is 0 Å². The van der Waals surface area contributed by atoms with Gasteiger partial charge in [-0.3, -0.25) is 0 Å². The molecule has 10 aromatic rings. The van der Waals surface area contributed by atoms with Gasteiger partial charge in [0.2, 0.25) is 5.89 Å². The quantitative estimate of drug-likeness (QED) is 0.188. The molecule has 0 aliphatic carbocycles. The Morgan fingerprint density at radius 2 is 1.09 bits per heavy atom. The summed E-state index contributed by atoms with van der Waals surface area (Å²) in [6.45, 7) is 0. The molecule has 220 valence electrons. The second-order valence-electron chi connectivity index (χ2n) is 12.0. The molecule has 0 spiro atoms. The summed E-state index contributed by atoms with van der Waals surface area (Å²) < 4.78 is 12.7. The molecule has 0 saturated carbocycles. The molecule has 4 nitrogen and oxygen atoms in total. The Labute approximate surface area is 269 Å². The molecule has 0 aliphatic rings. The molecule has 47 heavy (non-hydrogen) atoms. The van der Waals surface area contributed by atoms with Gasteiger partial charge in [-0.25, -0.2) is 4.98 Å². The van der Waals surface area contributed by atoms with E-state index in [9.17, 15) is 0 Å². The van der Waals surface area contributed by atoms with Gasteiger partial charge in [0.1, 0.15) is 16.7 Å². The number of furan rings is 1. The van der Waals surface area contributed by atoms with Gasteiger partial charge in [0, 0.05) is 44.2 Å². The van der Waals surface area contributed by atoms with Crippen LogP contribution in [0.25, 0.3) is 76.8 Å². The van der Waals surface area contributed by atoms with E-state index in [4.69, 9.17) is 13.8 Å². The Kier molecular flexibility index (Phi) is 5.54. The molecule has 0 aliphatic heterocycles. The first-order chi connectivity index (χ1) is 23.3. The first-order valence-corrected chi connectivity index (χ1v) is 15.8. The number of hydrogen-bond donors (Lipinski definition) is 0. The fourth-order valence-corrected chi connectivity index (χ4v) is 7.11. The Morgan fingerprint density at radius 1 is 0.426 bits per heavy atom. The number of para-hydroxylation sites is 2. The maximum absolute atomic E-state index is 6.53. The highest BCUT2D eigenvalue weighted by molar-refractivity contribution is 6.29. The fraction of sp³-hybridized carbons (Fsp3) is 0. The third-order valence-electron chi connectivity index (χ3n) is 9.24. The van der Waals surface area contributed by atoms with Crippen molar-refractivity contribution in [1.29, 1.82) is 0 Å². The van der Waals surface area contributed by atoms with Gasteiger partial charge < -0.3 is 13.7 Å². The molecule has 0 bridgehead atoms. The van der Waals surface area contributed by atoms with Gasteiger partial charge in [-0.05, 0) is 82.2 Å². The van der Waals surface area contributed by atoms with Crippen molar-refractivity contribution in [2.45, 2.75) is 0 Å². The van der Waals surface area contributed by atoms with Crippen LogP contribution in [-0.2, 0) is 0 Å². The Morgan fingerprint density at radius 3 is 1.94 bits per heavy atom. The van der Waals surface area contributed by atoms with Crippen molar-refractivity contribution >= 4 is 82.4 Å². The Hall–Kier alpha value is -6.39. The number of aromatic nitrogens is 1. The number of anilines is 3. The van der Waals surface area contributed by atoms with Gasteiger partial charge in [-0.15, -0.1) is 0 Å². The summed E-state index contributed by atoms with van der Waals surface area (Å²) in [6.07, 6.45) is 0. The third kappa shape index (κ3) is 3.98. The van der Waals surface area contributed by atoms with E-state index in [0.717, 1.165) is 82.6 Å². The lowest BCUT2D eigenvalue weighted by molar-refractivity contribution is 0.623. The lowest BCUT2D eigenvalue weighted by Crippen LogP contribution is -2.09. The predicted molar refractivity (Wildman–Crippen MR) is 194 cm³/mol. The molecule has 2 heterocycles. The second-order valence-corrected chi connectivity index (χ2v) is 12.0.